The Labute approximate surface area is 192 Å². The number of hydrogen-bond acceptors (Lipinski definition) is 4. The summed E-state index contributed by atoms with van der Waals surface area (Å²) < 4.78 is 28.4. The van der Waals surface area contributed by atoms with Crippen molar-refractivity contribution in [1.29, 1.82) is 0 Å². The van der Waals surface area contributed by atoms with E-state index < -0.39 is 11.8 Å². The lowest BCUT2D eigenvalue weighted by Crippen LogP contribution is -2.45. The molecule has 180 valence electrons. The van der Waals surface area contributed by atoms with Crippen molar-refractivity contribution in [3.63, 3.8) is 0 Å². The van der Waals surface area contributed by atoms with Gasteiger partial charge in [0.2, 0.25) is 11.8 Å². The number of rotatable bonds is 5. The van der Waals surface area contributed by atoms with Crippen molar-refractivity contribution in [3.05, 3.63) is 24.0 Å². The van der Waals surface area contributed by atoms with E-state index >= 15 is 0 Å². The minimum Gasteiger partial charge on any atom is -0.383 e. The van der Waals surface area contributed by atoms with Gasteiger partial charge in [0.1, 0.15) is 11.4 Å². The Morgan fingerprint density at radius 3 is 2.30 bits per heavy atom. The Bertz CT molecular complexity index is 939. The number of nitrogens with one attached hydrogen (secondary N) is 1. The molecule has 0 spiro atoms. The molecular weight excluding hydrogens is 428 g/mol. The summed E-state index contributed by atoms with van der Waals surface area (Å²) in [7, 11) is 0. The Balaban J connectivity index is 1.18. The van der Waals surface area contributed by atoms with Crippen molar-refractivity contribution in [2.75, 3.05) is 18.8 Å². The maximum Gasteiger partial charge on any atom is 0.260 e. The van der Waals surface area contributed by atoms with Crippen LogP contribution in [0.1, 0.15) is 74.2 Å². The number of likely N-dealkylation sites (tertiary alicyclic amines) is 1. The summed E-state index contributed by atoms with van der Waals surface area (Å²) in [5.41, 5.74) is 6.91. The number of allylic oxidation sites excluding steroid dienone is 1. The molecule has 5 rings (SSSR count). The molecule has 0 aromatic carbocycles. The van der Waals surface area contributed by atoms with Gasteiger partial charge in [0.25, 0.3) is 5.91 Å². The predicted molar refractivity (Wildman–Crippen MR) is 119 cm³/mol. The molecule has 1 aromatic rings. The van der Waals surface area contributed by atoms with Crippen molar-refractivity contribution in [2.45, 2.75) is 69.8 Å². The lowest BCUT2D eigenvalue weighted by atomic mass is 9.71. The van der Waals surface area contributed by atoms with Crippen LogP contribution in [0.2, 0.25) is 0 Å². The van der Waals surface area contributed by atoms with Crippen molar-refractivity contribution >= 4 is 17.6 Å². The van der Waals surface area contributed by atoms with E-state index in [1.165, 1.54) is 30.1 Å². The molecule has 4 fully saturated rings. The number of aromatic nitrogens is 2. The van der Waals surface area contributed by atoms with E-state index in [4.69, 9.17) is 5.73 Å². The van der Waals surface area contributed by atoms with Gasteiger partial charge in [0, 0.05) is 43.5 Å². The first kappa shape index (κ1) is 22.3. The monoisotopic (exact) mass is 461 g/mol. The van der Waals surface area contributed by atoms with Crippen molar-refractivity contribution < 1.29 is 18.4 Å². The van der Waals surface area contributed by atoms with Crippen LogP contribution in [0.15, 0.2) is 18.5 Å². The summed E-state index contributed by atoms with van der Waals surface area (Å²) in [6, 6.07) is -0.233. The van der Waals surface area contributed by atoms with Gasteiger partial charge in [-0.05, 0) is 50.4 Å². The van der Waals surface area contributed by atoms with E-state index in [9.17, 15) is 18.4 Å². The average Bonchev–Trinajstić information content (AvgIpc) is 3.42. The smallest absolute Gasteiger partial charge is 0.260 e. The van der Waals surface area contributed by atoms with Gasteiger partial charge >= 0.3 is 0 Å². The molecule has 4 aliphatic rings. The number of carbonyl (C=O) groups is 2. The molecule has 7 nitrogen and oxygen atoms in total. The topological polar surface area (TPSA) is 93.2 Å². The first-order valence-electron chi connectivity index (χ1n) is 12.2. The second-order valence-electron chi connectivity index (χ2n) is 10.4. The fourth-order valence-corrected chi connectivity index (χ4v) is 6.28. The number of fused-ring (bicyclic) bond motifs is 1. The molecule has 0 bridgehead atoms. The molecule has 3 aliphatic carbocycles. The SMILES string of the molecule is C=C(NC(=O)c1cnn(C2CCC(F)(F)CC2)c1N)[C@H]1CC[C@@H]1C(=O)N1C[C@H]2CCC[C@H]2C1. The van der Waals surface area contributed by atoms with Crippen molar-refractivity contribution in [2.24, 2.45) is 23.7 Å². The number of nitrogen functional groups attached to an aromatic ring is 1. The minimum atomic E-state index is -2.64. The first-order chi connectivity index (χ1) is 15.7. The zero-order valence-corrected chi connectivity index (χ0v) is 18.9. The third-order valence-corrected chi connectivity index (χ3v) is 8.46. The van der Waals surface area contributed by atoms with Crippen LogP contribution < -0.4 is 11.1 Å². The van der Waals surface area contributed by atoms with Gasteiger partial charge in [-0.3, -0.25) is 9.59 Å². The van der Waals surface area contributed by atoms with Crippen molar-refractivity contribution in [1.82, 2.24) is 20.0 Å². The van der Waals surface area contributed by atoms with Crippen LogP contribution in [0, 0.1) is 23.7 Å². The molecule has 2 amide bonds. The molecule has 0 radical (unpaired) electrons. The van der Waals surface area contributed by atoms with E-state index in [1.54, 1.807) is 0 Å². The van der Waals surface area contributed by atoms with Gasteiger partial charge in [-0.2, -0.15) is 5.10 Å². The second kappa shape index (κ2) is 8.40. The van der Waals surface area contributed by atoms with Crippen LogP contribution in [0.4, 0.5) is 14.6 Å². The predicted octanol–water partition coefficient (Wildman–Crippen LogP) is 3.74. The summed E-state index contributed by atoms with van der Waals surface area (Å²) in [6.07, 6.45) is 6.89. The molecule has 3 N–H and O–H groups in total. The third-order valence-electron chi connectivity index (χ3n) is 8.46. The van der Waals surface area contributed by atoms with E-state index in [0.29, 0.717) is 17.5 Å². The van der Waals surface area contributed by atoms with E-state index in [1.807, 2.05) is 4.90 Å². The fraction of sp³-hybridized carbons (Fsp3) is 0.708. The fourth-order valence-electron chi connectivity index (χ4n) is 6.28. The van der Waals surface area contributed by atoms with E-state index in [-0.39, 0.29) is 60.8 Å². The molecule has 2 heterocycles. The van der Waals surface area contributed by atoms with Gasteiger partial charge < -0.3 is 16.0 Å². The number of alkyl halides is 2. The number of amides is 2. The number of anilines is 1. The van der Waals surface area contributed by atoms with Gasteiger partial charge in [-0.15, -0.1) is 0 Å². The zero-order chi connectivity index (χ0) is 23.3. The van der Waals surface area contributed by atoms with Crippen LogP contribution in [-0.2, 0) is 4.79 Å². The highest BCUT2D eigenvalue weighted by Crippen LogP contribution is 2.43. The molecule has 1 saturated heterocycles. The van der Waals surface area contributed by atoms with Gasteiger partial charge in [-0.25, -0.2) is 13.5 Å². The maximum absolute atomic E-state index is 13.5. The molecule has 4 atom stereocenters. The number of hydrogen-bond donors (Lipinski definition) is 2. The van der Waals surface area contributed by atoms with E-state index in [2.05, 4.69) is 17.0 Å². The summed E-state index contributed by atoms with van der Waals surface area (Å²) in [5.74, 6) is -1.56. The second-order valence-corrected chi connectivity index (χ2v) is 10.4. The largest absolute Gasteiger partial charge is 0.383 e. The molecule has 0 unspecified atom stereocenters. The highest BCUT2D eigenvalue weighted by Gasteiger charge is 2.45. The number of nitrogens with zero attached hydrogens (tertiary/aromatic N) is 3. The molecule has 9 heteroatoms. The van der Waals surface area contributed by atoms with Gasteiger partial charge in [0.15, 0.2) is 0 Å². The highest BCUT2D eigenvalue weighted by molar-refractivity contribution is 5.99. The summed E-state index contributed by atoms with van der Waals surface area (Å²) in [5, 5.41) is 7.04. The molecule has 1 aromatic heterocycles. The zero-order valence-electron chi connectivity index (χ0n) is 18.9. The lowest BCUT2D eigenvalue weighted by Gasteiger charge is -2.39. The van der Waals surface area contributed by atoms with Gasteiger partial charge in [0.05, 0.1) is 12.2 Å². The molecule has 3 saturated carbocycles. The summed E-state index contributed by atoms with van der Waals surface area (Å²) in [4.78, 5) is 28.0. The minimum absolute atomic E-state index is 0.0706. The lowest BCUT2D eigenvalue weighted by molar-refractivity contribution is -0.139. The maximum atomic E-state index is 13.5. The quantitative estimate of drug-likeness (QED) is 0.699. The van der Waals surface area contributed by atoms with Crippen LogP contribution >= 0.6 is 0 Å². The average molecular weight is 462 g/mol. The third kappa shape index (κ3) is 4.15. The Morgan fingerprint density at radius 1 is 1.06 bits per heavy atom. The summed E-state index contributed by atoms with van der Waals surface area (Å²) in [6.45, 7) is 5.79. The van der Waals surface area contributed by atoms with Crippen LogP contribution in [0.3, 0.4) is 0 Å². The molecule has 1 aliphatic heterocycles. The number of carbonyl (C=O) groups excluding carboxylic acids is 2. The first-order valence-corrected chi connectivity index (χ1v) is 12.2. The van der Waals surface area contributed by atoms with Crippen LogP contribution in [-0.4, -0.2) is 45.5 Å². The van der Waals surface area contributed by atoms with Crippen molar-refractivity contribution in [3.8, 4) is 0 Å². The number of halogens is 2. The van der Waals surface area contributed by atoms with E-state index in [0.717, 1.165) is 25.9 Å². The normalized spacial score (nSPS) is 31.2. The summed E-state index contributed by atoms with van der Waals surface area (Å²) >= 11 is 0. The highest BCUT2D eigenvalue weighted by atomic mass is 19.3. The Kier molecular flexibility index (Phi) is 5.69. The molecule has 33 heavy (non-hydrogen) atoms. The standard InChI is InChI=1S/C24H33F2N5O2/c1-14(18-5-6-19(18)23(33)30-12-15-3-2-4-16(15)13-30)29-22(32)20-11-28-31(21(20)27)17-7-9-24(25,26)10-8-17/h11,15-19H,1-10,12-13,27H2,(H,29,32)/t15-,16+,18-,19+/m1/s1. The Hall–Kier alpha value is -2.45. The molecular formula is C24H33F2N5O2. The van der Waals surface area contributed by atoms with Crippen LogP contribution in [0.5, 0.6) is 0 Å². The Morgan fingerprint density at radius 2 is 1.70 bits per heavy atom. The number of nitrogens with two attached hydrogens (primary N) is 1. The van der Waals surface area contributed by atoms with Gasteiger partial charge in [-0.1, -0.05) is 13.0 Å². The van der Waals surface area contributed by atoms with Crippen LogP contribution in [0.25, 0.3) is 0 Å².